The molecule has 0 bridgehead atoms. The molecule has 2 fully saturated rings. The lowest BCUT2D eigenvalue weighted by Crippen LogP contribution is -2.59. The van der Waals surface area contributed by atoms with Crippen LogP contribution in [0.25, 0.3) is 0 Å². The fourth-order valence-electron chi connectivity index (χ4n) is 4.33. The van der Waals surface area contributed by atoms with Crippen LogP contribution in [0.15, 0.2) is 0 Å². The zero-order valence-corrected chi connectivity index (χ0v) is 16.8. The highest BCUT2D eigenvalue weighted by atomic mass is 16.9. The van der Waals surface area contributed by atoms with Crippen LogP contribution in [0.5, 0.6) is 0 Å². The van der Waals surface area contributed by atoms with Crippen molar-refractivity contribution in [1.29, 1.82) is 0 Å². The van der Waals surface area contributed by atoms with Gasteiger partial charge in [0.15, 0.2) is 12.6 Å². The van der Waals surface area contributed by atoms with Crippen molar-refractivity contribution in [3.63, 3.8) is 0 Å². The summed E-state index contributed by atoms with van der Waals surface area (Å²) < 4.78 is 21.7. The molecule has 7 nitrogen and oxygen atoms in total. The highest BCUT2D eigenvalue weighted by molar-refractivity contribution is 6.00. The molecule has 1 N–H and O–H groups in total. The SMILES string of the molecule is CCOC(=O)C(CCC1(CCO)CCCCC1)(C(=O)OCC)C1OC(C)O1. The second kappa shape index (κ2) is 9.85. The van der Waals surface area contributed by atoms with Crippen molar-refractivity contribution in [3.8, 4) is 0 Å². The van der Waals surface area contributed by atoms with Gasteiger partial charge in [0, 0.05) is 6.61 Å². The maximum absolute atomic E-state index is 12.9. The van der Waals surface area contributed by atoms with Crippen LogP contribution in [0.1, 0.15) is 72.1 Å². The number of esters is 2. The van der Waals surface area contributed by atoms with Crippen LogP contribution in [-0.2, 0) is 28.5 Å². The summed E-state index contributed by atoms with van der Waals surface area (Å²) in [7, 11) is 0. The van der Waals surface area contributed by atoms with Crippen LogP contribution in [0.3, 0.4) is 0 Å². The number of carbonyl (C=O) groups is 2. The average molecular weight is 386 g/mol. The molecule has 2 rings (SSSR count). The Morgan fingerprint density at radius 1 is 1.04 bits per heavy atom. The Hall–Kier alpha value is -1.18. The number of hydrogen-bond donors (Lipinski definition) is 1. The monoisotopic (exact) mass is 386 g/mol. The molecule has 1 aliphatic carbocycles. The zero-order chi connectivity index (χ0) is 19.9. The fourth-order valence-corrected chi connectivity index (χ4v) is 4.33. The van der Waals surface area contributed by atoms with Gasteiger partial charge in [-0.3, -0.25) is 9.59 Å². The minimum atomic E-state index is -1.63. The molecule has 0 atom stereocenters. The lowest BCUT2D eigenvalue weighted by Gasteiger charge is -2.46. The summed E-state index contributed by atoms with van der Waals surface area (Å²) in [4.78, 5) is 25.8. The van der Waals surface area contributed by atoms with Gasteiger partial charge in [-0.1, -0.05) is 19.3 Å². The van der Waals surface area contributed by atoms with E-state index in [4.69, 9.17) is 18.9 Å². The maximum atomic E-state index is 12.9. The zero-order valence-electron chi connectivity index (χ0n) is 16.8. The summed E-state index contributed by atoms with van der Waals surface area (Å²) in [6.07, 6.45) is 5.37. The summed E-state index contributed by atoms with van der Waals surface area (Å²) in [6, 6.07) is 0. The first-order chi connectivity index (χ1) is 12.9. The summed E-state index contributed by atoms with van der Waals surface area (Å²) in [5, 5.41) is 9.57. The van der Waals surface area contributed by atoms with Crippen molar-refractivity contribution < 1.29 is 33.6 Å². The maximum Gasteiger partial charge on any atom is 0.328 e. The summed E-state index contributed by atoms with van der Waals surface area (Å²) in [5.41, 5.74) is -1.70. The van der Waals surface area contributed by atoms with Crippen LogP contribution in [0.2, 0.25) is 0 Å². The third-order valence-corrected chi connectivity index (χ3v) is 5.92. The summed E-state index contributed by atoms with van der Waals surface area (Å²) in [5.74, 6) is -1.31. The van der Waals surface area contributed by atoms with Gasteiger partial charge in [0.2, 0.25) is 5.41 Å². The minimum absolute atomic E-state index is 0.0768. The van der Waals surface area contributed by atoms with Crippen molar-refractivity contribution in [2.75, 3.05) is 19.8 Å². The van der Waals surface area contributed by atoms with E-state index in [0.29, 0.717) is 12.8 Å². The molecule has 156 valence electrons. The third-order valence-electron chi connectivity index (χ3n) is 5.92. The molecule has 1 heterocycles. The van der Waals surface area contributed by atoms with Crippen LogP contribution >= 0.6 is 0 Å². The molecule has 0 spiro atoms. The predicted molar refractivity (Wildman–Crippen MR) is 97.6 cm³/mol. The van der Waals surface area contributed by atoms with Gasteiger partial charge in [-0.15, -0.1) is 0 Å². The van der Waals surface area contributed by atoms with E-state index in [0.717, 1.165) is 25.7 Å². The standard InChI is InChI=1S/C20H34O7/c1-4-24-16(22)20(17(23)25-5-2,18-26-15(3)27-18)12-11-19(13-14-21)9-7-6-8-10-19/h15,18,21H,4-14H2,1-3H3. The van der Waals surface area contributed by atoms with E-state index in [1.807, 2.05) is 0 Å². The number of ether oxygens (including phenoxy) is 4. The van der Waals surface area contributed by atoms with Crippen molar-refractivity contribution in [3.05, 3.63) is 0 Å². The van der Waals surface area contributed by atoms with E-state index in [1.165, 1.54) is 6.42 Å². The molecule has 0 aromatic heterocycles. The van der Waals surface area contributed by atoms with Crippen LogP contribution in [-0.4, -0.2) is 49.4 Å². The Kier molecular flexibility index (Phi) is 8.06. The Balaban J connectivity index is 2.28. The highest BCUT2D eigenvalue weighted by Gasteiger charge is 2.61. The van der Waals surface area contributed by atoms with Gasteiger partial charge in [0.1, 0.15) is 0 Å². The van der Waals surface area contributed by atoms with Crippen LogP contribution in [0.4, 0.5) is 0 Å². The van der Waals surface area contributed by atoms with E-state index in [-0.39, 0.29) is 31.7 Å². The van der Waals surface area contributed by atoms with Gasteiger partial charge in [-0.25, -0.2) is 0 Å². The molecule has 0 aromatic carbocycles. The largest absolute Gasteiger partial charge is 0.465 e. The second-order valence-electron chi connectivity index (χ2n) is 7.62. The van der Waals surface area contributed by atoms with Crippen molar-refractivity contribution in [2.24, 2.45) is 10.8 Å². The Morgan fingerprint density at radius 2 is 1.59 bits per heavy atom. The molecular weight excluding hydrogens is 352 g/mol. The first-order valence-corrected chi connectivity index (χ1v) is 10.2. The normalized spacial score (nSPS) is 24.7. The van der Waals surface area contributed by atoms with E-state index in [2.05, 4.69) is 0 Å². The first-order valence-electron chi connectivity index (χ1n) is 10.2. The molecule has 1 saturated carbocycles. The van der Waals surface area contributed by atoms with E-state index in [9.17, 15) is 14.7 Å². The summed E-state index contributed by atoms with van der Waals surface area (Å²) in [6.45, 7) is 5.53. The molecule has 0 radical (unpaired) electrons. The van der Waals surface area contributed by atoms with E-state index in [1.54, 1.807) is 20.8 Å². The minimum Gasteiger partial charge on any atom is -0.465 e. The van der Waals surface area contributed by atoms with Crippen LogP contribution in [0, 0.1) is 10.8 Å². The molecule has 1 aliphatic heterocycles. The average Bonchev–Trinajstić information content (AvgIpc) is 2.62. The topological polar surface area (TPSA) is 91.3 Å². The lowest BCUT2D eigenvalue weighted by molar-refractivity contribution is -0.403. The highest BCUT2D eigenvalue weighted by Crippen LogP contribution is 2.48. The predicted octanol–water partition coefficient (Wildman–Crippen LogP) is 2.93. The fraction of sp³-hybridized carbons (Fsp3) is 0.900. The van der Waals surface area contributed by atoms with Gasteiger partial charge < -0.3 is 24.1 Å². The lowest BCUT2D eigenvalue weighted by atomic mass is 9.66. The molecule has 0 amide bonds. The third kappa shape index (κ3) is 4.81. The van der Waals surface area contributed by atoms with Crippen molar-refractivity contribution in [1.82, 2.24) is 0 Å². The second-order valence-corrected chi connectivity index (χ2v) is 7.62. The Labute approximate surface area is 161 Å². The quantitative estimate of drug-likeness (QED) is 0.456. The molecule has 7 heteroatoms. The molecule has 2 aliphatic rings. The first kappa shape index (κ1) is 22.1. The van der Waals surface area contributed by atoms with Crippen molar-refractivity contribution >= 4 is 11.9 Å². The van der Waals surface area contributed by atoms with Gasteiger partial charge in [0.25, 0.3) is 0 Å². The van der Waals surface area contributed by atoms with Crippen LogP contribution < -0.4 is 0 Å². The molecule has 27 heavy (non-hydrogen) atoms. The molecule has 0 unspecified atom stereocenters. The van der Waals surface area contributed by atoms with Gasteiger partial charge >= 0.3 is 11.9 Å². The van der Waals surface area contributed by atoms with E-state index < -0.39 is 29.9 Å². The Bertz CT molecular complexity index is 469. The number of carbonyl (C=O) groups excluding carboxylic acids is 2. The number of aliphatic hydroxyl groups is 1. The van der Waals surface area contributed by atoms with Crippen molar-refractivity contribution in [2.45, 2.75) is 84.7 Å². The molecule has 1 saturated heterocycles. The van der Waals surface area contributed by atoms with E-state index >= 15 is 0 Å². The number of hydrogen-bond acceptors (Lipinski definition) is 7. The molecule has 0 aromatic rings. The summed E-state index contributed by atoms with van der Waals surface area (Å²) >= 11 is 0. The van der Waals surface area contributed by atoms with Gasteiger partial charge in [-0.2, -0.15) is 0 Å². The Morgan fingerprint density at radius 3 is 2.04 bits per heavy atom. The molecular formula is C20H34O7. The number of aliphatic hydroxyl groups excluding tert-OH is 1. The van der Waals surface area contributed by atoms with Gasteiger partial charge in [-0.05, 0) is 58.3 Å². The number of rotatable bonds is 10. The van der Waals surface area contributed by atoms with Gasteiger partial charge in [0.05, 0.1) is 13.2 Å². The smallest absolute Gasteiger partial charge is 0.328 e.